The first-order valence-electron chi connectivity index (χ1n) is 5.87. The summed E-state index contributed by atoms with van der Waals surface area (Å²) in [4.78, 5) is 10.9. The van der Waals surface area contributed by atoms with Crippen LogP contribution in [0.1, 0.15) is 30.9 Å². The molecule has 5 nitrogen and oxygen atoms in total. The smallest absolute Gasteiger partial charge is 0.305 e. The summed E-state index contributed by atoms with van der Waals surface area (Å²) in [5.41, 5.74) is 0.640. The summed E-state index contributed by atoms with van der Waals surface area (Å²) < 4.78 is 27.1. The van der Waals surface area contributed by atoms with Crippen LogP contribution in [0.4, 0.5) is 0 Å². The molecule has 1 aliphatic rings. The minimum Gasteiger partial charge on any atom is -0.481 e. The molecule has 1 aromatic carbocycles. The van der Waals surface area contributed by atoms with Crippen LogP contribution in [-0.2, 0) is 14.8 Å². The molecule has 0 bridgehead atoms. The largest absolute Gasteiger partial charge is 0.481 e. The first-order valence-corrected chi connectivity index (χ1v) is 8.21. The van der Waals surface area contributed by atoms with Gasteiger partial charge in [0.05, 0.1) is 17.7 Å². The van der Waals surface area contributed by atoms with Crippen molar-refractivity contribution in [3.8, 4) is 0 Å². The normalized spacial score (nSPS) is 17.1. The molecule has 0 radical (unpaired) electrons. The molecule has 0 aromatic heterocycles. The molecule has 2 N–H and O–H groups in total. The van der Waals surface area contributed by atoms with Gasteiger partial charge in [0.25, 0.3) is 0 Å². The number of halogens is 1. The fourth-order valence-electron chi connectivity index (χ4n) is 1.80. The zero-order chi connectivity index (χ0) is 14.0. The van der Waals surface area contributed by atoms with Gasteiger partial charge in [-0.05, 0) is 30.5 Å². The number of rotatable bonds is 6. The number of sulfonamides is 1. The van der Waals surface area contributed by atoms with Crippen LogP contribution in [0.3, 0.4) is 0 Å². The average molecular weight is 348 g/mol. The van der Waals surface area contributed by atoms with Crippen molar-refractivity contribution >= 4 is 31.9 Å². The monoisotopic (exact) mass is 347 g/mol. The summed E-state index contributed by atoms with van der Waals surface area (Å²) in [5, 5.41) is 8.55. The zero-order valence-electron chi connectivity index (χ0n) is 10.0. The van der Waals surface area contributed by atoms with Crippen LogP contribution < -0.4 is 4.72 Å². The fraction of sp³-hybridized carbons (Fsp3) is 0.417. The van der Waals surface area contributed by atoms with Crippen molar-refractivity contribution in [2.75, 3.05) is 0 Å². The van der Waals surface area contributed by atoms with Gasteiger partial charge in [-0.2, -0.15) is 0 Å². The molecule has 0 amide bonds. The van der Waals surface area contributed by atoms with E-state index in [0.717, 1.165) is 4.47 Å². The van der Waals surface area contributed by atoms with Crippen LogP contribution in [-0.4, -0.2) is 24.7 Å². The third-order valence-electron chi connectivity index (χ3n) is 2.90. The molecule has 19 heavy (non-hydrogen) atoms. The molecule has 104 valence electrons. The molecule has 0 spiro atoms. The van der Waals surface area contributed by atoms with Gasteiger partial charge in [-0.1, -0.05) is 28.1 Å². The maximum atomic E-state index is 11.9. The molecule has 1 aromatic rings. The summed E-state index contributed by atoms with van der Waals surface area (Å²) in [5.74, 6) is -1.04. The van der Waals surface area contributed by atoms with Crippen molar-refractivity contribution in [3.05, 3.63) is 34.3 Å². The molecule has 7 heteroatoms. The summed E-state index contributed by atoms with van der Waals surface area (Å²) in [7, 11) is -3.42. The molecule has 0 saturated heterocycles. The Morgan fingerprint density at radius 3 is 2.68 bits per heavy atom. The van der Waals surface area contributed by atoms with Gasteiger partial charge in [-0.15, -0.1) is 0 Å². The Hall–Kier alpha value is -0.920. The molecular weight excluding hydrogens is 334 g/mol. The van der Waals surface area contributed by atoms with Crippen LogP contribution in [0.5, 0.6) is 0 Å². The first kappa shape index (κ1) is 14.5. The predicted octanol–water partition coefficient (Wildman–Crippen LogP) is 2.05. The van der Waals surface area contributed by atoms with Crippen molar-refractivity contribution in [3.63, 3.8) is 0 Å². The topological polar surface area (TPSA) is 83.5 Å². The lowest BCUT2D eigenvalue weighted by atomic mass is 10.1. The van der Waals surface area contributed by atoms with E-state index in [4.69, 9.17) is 5.11 Å². The molecule has 1 fully saturated rings. The van der Waals surface area contributed by atoms with Crippen molar-refractivity contribution < 1.29 is 18.3 Å². The summed E-state index contributed by atoms with van der Waals surface area (Å²) in [6.07, 6.45) is 1.02. The molecule has 1 saturated carbocycles. The lowest BCUT2D eigenvalue weighted by molar-refractivity contribution is -0.137. The second kappa shape index (κ2) is 5.60. The van der Waals surface area contributed by atoms with Gasteiger partial charge in [0.15, 0.2) is 0 Å². The van der Waals surface area contributed by atoms with E-state index in [2.05, 4.69) is 20.7 Å². The van der Waals surface area contributed by atoms with Gasteiger partial charge < -0.3 is 5.11 Å². The standard InChI is InChI=1S/C12H14BrNO4S/c13-9-3-1-2-8(6-9)11(7-12(15)16)14-19(17,18)10-4-5-10/h1-3,6,10-11,14H,4-5,7H2,(H,15,16)/t11-/m1/s1. The van der Waals surface area contributed by atoms with Gasteiger partial charge in [-0.25, -0.2) is 13.1 Å². The van der Waals surface area contributed by atoms with E-state index in [1.807, 2.05) is 0 Å². The van der Waals surface area contributed by atoms with Crippen molar-refractivity contribution in [2.45, 2.75) is 30.6 Å². The van der Waals surface area contributed by atoms with Crippen molar-refractivity contribution in [1.29, 1.82) is 0 Å². The fourth-order valence-corrected chi connectivity index (χ4v) is 3.78. The predicted molar refractivity (Wildman–Crippen MR) is 74.2 cm³/mol. The summed E-state index contributed by atoms with van der Waals surface area (Å²) >= 11 is 3.29. The molecule has 1 atom stereocenters. The van der Waals surface area contributed by atoms with Crippen molar-refractivity contribution in [1.82, 2.24) is 4.72 Å². The van der Waals surface area contributed by atoms with E-state index >= 15 is 0 Å². The summed E-state index contributed by atoms with van der Waals surface area (Å²) in [6.45, 7) is 0. The second-order valence-corrected chi connectivity index (χ2v) is 7.48. The number of benzene rings is 1. The van der Waals surface area contributed by atoms with Crippen LogP contribution in [0, 0.1) is 0 Å². The third-order valence-corrected chi connectivity index (χ3v) is 5.35. The number of aliphatic carboxylic acids is 1. The average Bonchev–Trinajstić information content (AvgIpc) is 3.11. The SMILES string of the molecule is O=C(O)C[C@@H](NS(=O)(=O)C1CC1)c1cccc(Br)c1. The van der Waals surface area contributed by atoms with E-state index in [1.54, 1.807) is 24.3 Å². The maximum absolute atomic E-state index is 11.9. The number of nitrogens with one attached hydrogen (secondary N) is 1. The molecule has 2 rings (SSSR count). The lowest BCUT2D eigenvalue weighted by Crippen LogP contribution is -2.32. The quantitative estimate of drug-likeness (QED) is 0.824. The third kappa shape index (κ3) is 4.02. The number of hydrogen-bond acceptors (Lipinski definition) is 3. The number of carboxylic acid groups (broad SMARTS) is 1. The lowest BCUT2D eigenvalue weighted by Gasteiger charge is -2.17. The highest BCUT2D eigenvalue weighted by Gasteiger charge is 2.37. The molecule has 1 aliphatic carbocycles. The first-order chi connectivity index (χ1) is 8.88. The molecule has 0 aliphatic heterocycles. The second-order valence-electron chi connectivity index (χ2n) is 4.57. The number of hydrogen-bond donors (Lipinski definition) is 2. The van der Waals surface area contributed by atoms with Crippen LogP contribution in [0.25, 0.3) is 0 Å². The van der Waals surface area contributed by atoms with Crippen LogP contribution >= 0.6 is 15.9 Å². The highest BCUT2D eigenvalue weighted by Crippen LogP contribution is 2.30. The Balaban J connectivity index is 2.23. The highest BCUT2D eigenvalue weighted by molar-refractivity contribution is 9.10. The Morgan fingerprint density at radius 2 is 2.16 bits per heavy atom. The van der Waals surface area contributed by atoms with Crippen LogP contribution in [0.15, 0.2) is 28.7 Å². The van der Waals surface area contributed by atoms with Gasteiger partial charge in [-0.3, -0.25) is 4.79 Å². The Kier molecular flexibility index (Phi) is 4.27. The van der Waals surface area contributed by atoms with E-state index < -0.39 is 22.0 Å². The highest BCUT2D eigenvalue weighted by atomic mass is 79.9. The molecular formula is C12H14BrNO4S. The number of carboxylic acids is 1. The minimum absolute atomic E-state index is 0.275. The van der Waals surface area contributed by atoms with Crippen LogP contribution in [0.2, 0.25) is 0 Å². The Labute approximate surface area is 120 Å². The van der Waals surface area contributed by atoms with E-state index in [9.17, 15) is 13.2 Å². The van der Waals surface area contributed by atoms with E-state index in [0.29, 0.717) is 18.4 Å². The molecule has 0 unspecified atom stereocenters. The minimum atomic E-state index is -3.42. The van der Waals surface area contributed by atoms with E-state index in [1.165, 1.54) is 0 Å². The van der Waals surface area contributed by atoms with Gasteiger partial charge >= 0.3 is 5.97 Å². The number of carbonyl (C=O) groups is 1. The maximum Gasteiger partial charge on any atom is 0.305 e. The van der Waals surface area contributed by atoms with Gasteiger partial charge in [0, 0.05) is 4.47 Å². The molecule has 0 heterocycles. The Bertz CT molecular complexity index is 583. The van der Waals surface area contributed by atoms with E-state index in [-0.39, 0.29) is 11.7 Å². The Morgan fingerprint density at radius 1 is 1.47 bits per heavy atom. The van der Waals surface area contributed by atoms with Gasteiger partial charge in [0.1, 0.15) is 0 Å². The van der Waals surface area contributed by atoms with Gasteiger partial charge in [0.2, 0.25) is 10.0 Å². The zero-order valence-corrected chi connectivity index (χ0v) is 12.4. The summed E-state index contributed by atoms with van der Waals surface area (Å²) in [6, 6.07) is 6.26. The van der Waals surface area contributed by atoms with Crippen molar-refractivity contribution in [2.24, 2.45) is 0 Å².